The molecule has 2 rings (SSSR count). The Balaban J connectivity index is 2.11. The first kappa shape index (κ1) is 13.8. The molecule has 5 heteroatoms. The molecular formula is C14H19N3OS. The first-order chi connectivity index (χ1) is 8.97. The highest BCUT2D eigenvalue weighted by Gasteiger charge is 2.16. The lowest BCUT2D eigenvalue weighted by Crippen LogP contribution is -2.36. The van der Waals surface area contributed by atoms with E-state index < -0.39 is 0 Å². The van der Waals surface area contributed by atoms with Crippen LogP contribution in [0.2, 0.25) is 0 Å². The average Bonchev–Trinajstić information content (AvgIpc) is 2.96. The molecule has 0 saturated heterocycles. The predicted octanol–water partition coefficient (Wildman–Crippen LogP) is 3.22. The second-order valence-corrected chi connectivity index (χ2v) is 6.37. The van der Waals surface area contributed by atoms with Gasteiger partial charge in [0.15, 0.2) is 5.69 Å². The molecule has 0 bridgehead atoms. The van der Waals surface area contributed by atoms with E-state index in [1.54, 1.807) is 17.4 Å². The SMILES string of the molecule is Cc1ccc(-c2cc(C(=O)N[C@H](C)C(C)C)n[nH]2)s1. The molecule has 19 heavy (non-hydrogen) atoms. The third kappa shape index (κ3) is 3.23. The fourth-order valence-corrected chi connectivity index (χ4v) is 2.42. The number of carbonyl (C=O) groups excluding carboxylic acids is 1. The molecule has 1 atom stereocenters. The maximum Gasteiger partial charge on any atom is 0.272 e. The number of aryl methyl sites for hydroxylation is 1. The normalized spacial score (nSPS) is 12.7. The Labute approximate surface area is 117 Å². The molecular weight excluding hydrogens is 258 g/mol. The Morgan fingerprint density at radius 2 is 2.11 bits per heavy atom. The van der Waals surface area contributed by atoms with Crippen LogP contribution >= 0.6 is 11.3 Å². The van der Waals surface area contributed by atoms with Gasteiger partial charge in [-0.3, -0.25) is 9.89 Å². The number of nitrogens with one attached hydrogen (secondary N) is 2. The van der Waals surface area contributed by atoms with Crippen molar-refractivity contribution in [3.63, 3.8) is 0 Å². The van der Waals surface area contributed by atoms with Gasteiger partial charge in [-0.25, -0.2) is 0 Å². The molecule has 0 aromatic carbocycles. The molecule has 0 saturated carbocycles. The Morgan fingerprint density at radius 1 is 1.37 bits per heavy atom. The van der Waals surface area contributed by atoms with E-state index in [0.29, 0.717) is 11.6 Å². The molecule has 2 aromatic rings. The topological polar surface area (TPSA) is 57.8 Å². The number of H-pyrrole nitrogens is 1. The summed E-state index contributed by atoms with van der Waals surface area (Å²) in [6, 6.07) is 6.03. The number of rotatable bonds is 4. The summed E-state index contributed by atoms with van der Waals surface area (Å²) in [5.41, 5.74) is 1.33. The smallest absolute Gasteiger partial charge is 0.272 e. The molecule has 0 unspecified atom stereocenters. The molecule has 0 radical (unpaired) electrons. The zero-order valence-corrected chi connectivity index (χ0v) is 12.5. The maximum absolute atomic E-state index is 12.0. The van der Waals surface area contributed by atoms with Crippen molar-refractivity contribution in [1.82, 2.24) is 15.5 Å². The van der Waals surface area contributed by atoms with Gasteiger partial charge in [0.05, 0.1) is 10.6 Å². The number of hydrogen-bond acceptors (Lipinski definition) is 3. The molecule has 4 nitrogen and oxygen atoms in total. The molecule has 0 spiro atoms. The monoisotopic (exact) mass is 277 g/mol. The highest BCUT2D eigenvalue weighted by molar-refractivity contribution is 7.15. The van der Waals surface area contributed by atoms with Gasteiger partial charge >= 0.3 is 0 Å². The second kappa shape index (κ2) is 5.57. The minimum Gasteiger partial charge on any atom is -0.348 e. The highest BCUT2D eigenvalue weighted by atomic mass is 32.1. The third-order valence-electron chi connectivity index (χ3n) is 3.18. The zero-order valence-electron chi connectivity index (χ0n) is 11.7. The average molecular weight is 277 g/mol. The predicted molar refractivity (Wildman–Crippen MR) is 78.4 cm³/mol. The Morgan fingerprint density at radius 3 is 2.68 bits per heavy atom. The van der Waals surface area contributed by atoms with Crippen molar-refractivity contribution in [1.29, 1.82) is 0 Å². The highest BCUT2D eigenvalue weighted by Crippen LogP contribution is 2.26. The summed E-state index contributed by atoms with van der Waals surface area (Å²) in [6.45, 7) is 8.21. The number of aromatic amines is 1. The molecule has 2 heterocycles. The van der Waals surface area contributed by atoms with Gasteiger partial charge in [-0.2, -0.15) is 5.10 Å². The van der Waals surface area contributed by atoms with Crippen LogP contribution in [-0.2, 0) is 0 Å². The van der Waals surface area contributed by atoms with Crippen LogP contribution in [0.3, 0.4) is 0 Å². The Hall–Kier alpha value is -1.62. The van der Waals surface area contributed by atoms with Crippen molar-refractivity contribution in [3.05, 3.63) is 28.8 Å². The number of aromatic nitrogens is 2. The van der Waals surface area contributed by atoms with Gasteiger partial charge in [-0.15, -0.1) is 11.3 Å². The summed E-state index contributed by atoms with van der Waals surface area (Å²) in [7, 11) is 0. The fourth-order valence-electron chi connectivity index (χ4n) is 1.59. The Bertz CT molecular complexity index is 571. The van der Waals surface area contributed by atoms with Crippen molar-refractivity contribution in [3.8, 4) is 10.6 Å². The first-order valence-electron chi connectivity index (χ1n) is 6.40. The van der Waals surface area contributed by atoms with E-state index in [0.717, 1.165) is 10.6 Å². The first-order valence-corrected chi connectivity index (χ1v) is 7.22. The van der Waals surface area contributed by atoms with Gasteiger partial charge in [-0.1, -0.05) is 13.8 Å². The van der Waals surface area contributed by atoms with Gasteiger partial charge in [0.1, 0.15) is 0 Å². The van der Waals surface area contributed by atoms with Crippen molar-refractivity contribution in [2.45, 2.75) is 33.7 Å². The summed E-state index contributed by atoms with van der Waals surface area (Å²) >= 11 is 1.68. The molecule has 2 N–H and O–H groups in total. The van der Waals surface area contributed by atoms with Crippen LogP contribution in [0.15, 0.2) is 18.2 Å². The van der Waals surface area contributed by atoms with Gasteiger partial charge in [0, 0.05) is 10.9 Å². The number of hydrogen-bond donors (Lipinski definition) is 2. The lowest BCUT2D eigenvalue weighted by Gasteiger charge is -2.16. The van der Waals surface area contributed by atoms with Crippen molar-refractivity contribution in [2.24, 2.45) is 5.92 Å². The van der Waals surface area contributed by atoms with E-state index in [-0.39, 0.29) is 11.9 Å². The lowest BCUT2D eigenvalue weighted by atomic mass is 10.1. The minimum atomic E-state index is -0.128. The minimum absolute atomic E-state index is 0.128. The molecule has 102 valence electrons. The summed E-state index contributed by atoms with van der Waals surface area (Å²) in [6.07, 6.45) is 0. The van der Waals surface area contributed by atoms with Crippen molar-refractivity contribution < 1.29 is 4.79 Å². The van der Waals surface area contributed by atoms with Crippen LogP contribution in [0.5, 0.6) is 0 Å². The molecule has 0 aliphatic rings. The number of carbonyl (C=O) groups is 1. The quantitative estimate of drug-likeness (QED) is 0.901. The van der Waals surface area contributed by atoms with Crippen LogP contribution in [0.1, 0.15) is 36.1 Å². The maximum atomic E-state index is 12.0. The molecule has 1 amide bonds. The zero-order chi connectivity index (χ0) is 14.0. The summed E-state index contributed by atoms with van der Waals surface area (Å²) < 4.78 is 0. The van der Waals surface area contributed by atoms with Gasteiger partial charge in [0.25, 0.3) is 5.91 Å². The largest absolute Gasteiger partial charge is 0.348 e. The van der Waals surface area contributed by atoms with E-state index in [9.17, 15) is 4.79 Å². The van der Waals surface area contributed by atoms with Crippen LogP contribution in [0.4, 0.5) is 0 Å². The van der Waals surface area contributed by atoms with Crippen LogP contribution < -0.4 is 5.32 Å². The van der Waals surface area contributed by atoms with Crippen LogP contribution in [-0.4, -0.2) is 22.1 Å². The van der Waals surface area contributed by atoms with Gasteiger partial charge in [-0.05, 0) is 38.0 Å². The van der Waals surface area contributed by atoms with E-state index in [1.165, 1.54) is 4.88 Å². The molecule has 2 aromatic heterocycles. The number of thiophene rings is 1. The van der Waals surface area contributed by atoms with E-state index in [1.807, 2.05) is 13.0 Å². The van der Waals surface area contributed by atoms with Gasteiger partial charge in [0.2, 0.25) is 0 Å². The summed E-state index contributed by atoms with van der Waals surface area (Å²) in [5.74, 6) is 0.277. The molecule has 0 aliphatic carbocycles. The van der Waals surface area contributed by atoms with Crippen molar-refractivity contribution in [2.75, 3.05) is 0 Å². The summed E-state index contributed by atoms with van der Waals surface area (Å²) in [5, 5.41) is 9.95. The fraction of sp³-hybridized carbons (Fsp3) is 0.429. The second-order valence-electron chi connectivity index (χ2n) is 5.08. The van der Waals surface area contributed by atoms with E-state index in [2.05, 4.69) is 42.4 Å². The van der Waals surface area contributed by atoms with E-state index >= 15 is 0 Å². The van der Waals surface area contributed by atoms with Crippen LogP contribution in [0.25, 0.3) is 10.6 Å². The van der Waals surface area contributed by atoms with Crippen LogP contribution in [0, 0.1) is 12.8 Å². The standard InChI is InChI=1S/C14H19N3OS/c1-8(2)10(4)15-14(18)12-7-11(16-17-12)13-6-5-9(3)19-13/h5-8,10H,1-4H3,(H,15,18)(H,16,17)/t10-/m1/s1. The van der Waals surface area contributed by atoms with Gasteiger partial charge < -0.3 is 5.32 Å². The van der Waals surface area contributed by atoms with Crippen molar-refractivity contribution >= 4 is 17.2 Å². The number of amides is 1. The number of nitrogens with zero attached hydrogens (tertiary/aromatic N) is 1. The Kier molecular flexibility index (Phi) is 4.04. The lowest BCUT2D eigenvalue weighted by molar-refractivity contribution is 0.0925. The summed E-state index contributed by atoms with van der Waals surface area (Å²) in [4.78, 5) is 14.4. The third-order valence-corrected chi connectivity index (χ3v) is 4.21. The molecule has 0 aliphatic heterocycles. The molecule has 0 fully saturated rings. The van der Waals surface area contributed by atoms with E-state index in [4.69, 9.17) is 0 Å².